The predicted octanol–water partition coefficient (Wildman–Crippen LogP) is 4.45. The number of nitrogens with zero attached hydrogens (tertiary/aromatic N) is 1. The molecule has 106 valence electrons. The van der Waals surface area contributed by atoms with E-state index in [0.29, 0.717) is 6.04 Å². The minimum atomic E-state index is 0.575. The third-order valence-electron chi connectivity index (χ3n) is 3.98. The van der Waals surface area contributed by atoms with Crippen LogP contribution in [0.2, 0.25) is 0 Å². The molecule has 1 aromatic rings. The van der Waals surface area contributed by atoms with Gasteiger partial charge in [0.15, 0.2) is 0 Å². The number of anilines is 2. The van der Waals surface area contributed by atoms with Crippen LogP contribution in [0.15, 0.2) is 18.2 Å². The summed E-state index contributed by atoms with van der Waals surface area (Å²) < 4.78 is 0. The van der Waals surface area contributed by atoms with Gasteiger partial charge >= 0.3 is 0 Å². The zero-order valence-corrected chi connectivity index (χ0v) is 12.7. The number of fused-ring (bicyclic) bond motifs is 1. The third-order valence-corrected chi connectivity index (χ3v) is 3.98. The van der Waals surface area contributed by atoms with E-state index in [1.165, 1.54) is 55.6 Å². The van der Waals surface area contributed by atoms with E-state index < -0.39 is 0 Å². The second-order valence-electron chi connectivity index (χ2n) is 5.87. The normalized spacial score (nSPS) is 14.1. The van der Waals surface area contributed by atoms with Gasteiger partial charge in [0.25, 0.3) is 0 Å². The van der Waals surface area contributed by atoms with Crippen LogP contribution in [0.5, 0.6) is 0 Å². The van der Waals surface area contributed by atoms with Gasteiger partial charge in [-0.1, -0.05) is 19.8 Å². The highest BCUT2D eigenvalue weighted by Gasteiger charge is 2.14. The van der Waals surface area contributed by atoms with Gasteiger partial charge in [-0.3, -0.25) is 0 Å². The average Bonchev–Trinajstić information content (AvgIpc) is 2.43. The fourth-order valence-corrected chi connectivity index (χ4v) is 2.86. The summed E-state index contributed by atoms with van der Waals surface area (Å²) in [5.74, 6) is 0. The maximum atomic E-state index is 3.49. The Morgan fingerprint density at radius 3 is 2.84 bits per heavy atom. The Balaban J connectivity index is 2.12. The van der Waals surface area contributed by atoms with E-state index in [0.717, 1.165) is 6.54 Å². The summed E-state index contributed by atoms with van der Waals surface area (Å²) in [6.45, 7) is 9.16. The highest BCUT2D eigenvalue weighted by atomic mass is 15.1. The van der Waals surface area contributed by atoms with Gasteiger partial charge in [0, 0.05) is 30.5 Å². The van der Waals surface area contributed by atoms with E-state index in [4.69, 9.17) is 0 Å². The van der Waals surface area contributed by atoms with E-state index in [1.807, 2.05) is 0 Å². The van der Waals surface area contributed by atoms with E-state index in [9.17, 15) is 0 Å². The van der Waals surface area contributed by atoms with Crippen molar-refractivity contribution in [3.05, 3.63) is 23.8 Å². The number of hydrogen-bond donors (Lipinski definition) is 1. The van der Waals surface area contributed by atoms with E-state index in [2.05, 4.69) is 49.2 Å². The lowest BCUT2D eigenvalue weighted by Gasteiger charge is -2.30. The minimum absolute atomic E-state index is 0.575. The van der Waals surface area contributed by atoms with Gasteiger partial charge in [-0.05, 0) is 56.9 Å². The summed E-state index contributed by atoms with van der Waals surface area (Å²) in [5.41, 5.74) is 4.23. The summed E-state index contributed by atoms with van der Waals surface area (Å²) in [4.78, 5) is 2.55. The zero-order chi connectivity index (χ0) is 13.7. The Hall–Kier alpha value is -1.18. The molecule has 1 aliphatic heterocycles. The van der Waals surface area contributed by atoms with Gasteiger partial charge in [0.2, 0.25) is 0 Å². The zero-order valence-electron chi connectivity index (χ0n) is 12.7. The van der Waals surface area contributed by atoms with Crippen molar-refractivity contribution in [1.29, 1.82) is 0 Å². The quantitative estimate of drug-likeness (QED) is 0.760. The van der Waals surface area contributed by atoms with Crippen molar-refractivity contribution in [2.45, 2.75) is 58.9 Å². The molecule has 0 fully saturated rings. The van der Waals surface area contributed by atoms with Gasteiger partial charge in [-0.15, -0.1) is 0 Å². The standard InChI is InChI=1S/C17H28N2/c1-4-5-6-12-19(14(2)3)16-9-10-17-15(13-16)8-7-11-18-17/h9-10,13-14,18H,4-8,11-12H2,1-3H3. The molecule has 0 unspecified atom stereocenters. The second-order valence-corrected chi connectivity index (χ2v) is 5.87. The molecule has 2 heteroatoms. The van der Waals surface area contributed by atoms with Gasteiger partial charge in [0.1, 0.15) is 0 Å². The number of benzene rings is 1. The lowest BCUT2D eigenvalue weighted by atomic mass is 10.0. The van der Waals surface area contributed by atoms with Crippen LogP contribution in [0.1, 0.15) is 52.0 Å². The molecule has 0 aliphatic carbocycles. The fourth-order valence-electron chi connectivity index (χ4n) is 2.86. The van der Waals surface area contributed by atoms with Gasteiger partial charge in [-0.2, -0.15) is 0 Å². The summed E-state index contributed by atoms with van der Waals surface area (Å²) in [6.07, 6.45) is 6.39. The molecule has 0 amide bonds. The number of nitrogens with one attached hydrogen (secondary N) is 1. The molecule has 0 atom stereocenters. The number of unbranched alkanes of at least 4 members (excludes halogenated alkanes) is 2. The Kier molecular flexibility index (Phi) is 5.12. The van der Waals surface area contributed by atoms with Gasteiger partial charge < -0.3 is 10.2 Å². The molecule has 2 nitrogen and oxygen atoms in total. The number of hydrogen-bond acceptors (Lipinski definition) is 2. The van der Waals surface area contributed by atoms with Crippen LogP contribution in [0.25, 0.3) is 0 Å². The topological polar surface area (TPSA) is 15.3 Å². The molecular weight excluding hydrogens is 232 g/mol. The van der Waals surface area contributed by atoms with Crippen molar-refractivity contribution >= 4 is 11.4 Å². The molecule has 1 aromatic carbocycles. The molecular formula is C17H28N2. The first-order valence-corrected chi connectivity index (χ1v) is 7.85. The Morgan fingerprint density at radius 2 is 2.11 bits per heavy atom. The number of rotatable bonds is 6. The maximum Gasteiger partial charge on any atom is 0.0374 e. The highest BCUT2D eigenvalue weighted by Crippen LogP contribution is 2.28. The van der Waals surface area contributed by atoms with E-state index >= 15 is 0 Å². The molecule has 0 radical (unpaired) electrons. The molecule has 0 saturated heterocycles. The second kappa shape index (κ2) is 6.83. The monoisotopic (exact) mass is 260 g/mol. The van der Waals surface area contributed by atoms with Crippen molar-refractivity contribution in [1.82, 2.24) is 0 Å². The SMILES string of the molecule is CCCCCN(c1ccc2c(c1)CCCN2)C(C)C. The van der Waals surface area contributed by atoms with Crippen LogP contribution in [-0.2, 0) is 6.42 Å². The number of aryl methyl sites for hydroxylation is 1. The first kappa shape index (κ1) is 14.2. The Morgan fingerprint density at radius 1 is 1.26 bits per heavy atom. The van der Waals surface area contributed by atoms with Crippen molar-refractivity contribution < 1.29 is 0 Å². The summed E-state index contributed by atoms with van der Waals surface area (Å²) in [7, 11) is 0. The molecule has 2 rings (SSSR count). The van der Waals surface area contributed by atoms with E-state index in [-0.39, 0.29) is 0 Å². The highest BCUT2D eigenvalue weighted by molar-refractivity contribution is 5.62. The van der Waals surface area contributed by atoms with Gasteiger partial charge in [0.05, 0.1) is 0 Å². The average molecular weight is 260 g/mol. The lowest BCUT2D eigenvalue weighted by molar-refractivity contribution is 0.625. The molecule has 0 spiro atoms. The van der Waals surface area contributed by atoms with Crippen molar-refractivity contribution in [2.75, 3.05) is 23.3 Å². The largest absolute Gasteiger partial charge is 0.385 e. The minimum Gasteiger partial charge on any atom is -0.385 e. The molecule has 0 saturated carbocycles. The van der Waals surface area contributed by atoms with Crippen molar-refractivity contribution in [2.24, 2.45) is 0 Å². The first-order chi connectivity index (χ1) is 9.22. The van der Waals surface area contributed by atoms with Crippen LogP contribution >= 0.6 is 0 Å². The van der Waals surface area contributed by atoms with E-state index in [1.54, 1.807) is 0 Å². The summed E-state index contributed by atoms with van der Waals surface area (Å²) in [6, 6.07) is 7.52. The summed E-state index contributed by atoms with van der Waals surface area (Å²) >= 11 is 0. The lowest BCUT2D eigenvalue weighted by Crippen LogP contribution is -2.32. The Bertz CT molecular complexity index is 398. The molecule has 0 bridgehead atoms. The molecule has 1 heterocycles. The molecule has 1 aliphatic rings. The van der Waals surface area contributed by atoms with Crippen LogP contribution in [-0.4, -0.2) is 19.1 Å². The van der Waals surface area contributed by atoms with Crippen LogP contribution in [0.3, 0.4) is 0 Å². The van der Waals surface area contributed by atoms with Crippen LogP contribution in [0, 0.1) is 0 Å². The third kappa shape index (κ3) is 3.65. The van der Waals surface area contributed by atoms with Crippen LogP contribution < -0.4 is 10.2 Å². The Labute approximate surface area is 118 Å². The van der Waals surface area contributed by atoms with Crippen LogP contribution in [0.4, 0.5) is 11.4 Å². The molecule has 1 N–H and O–H groups in total. The maximum absolute atomic E-state index is 3.49. The van der Waals surface area contributed by atoms with Crippen molar-refractivity contribution in [3.8, 4) is 0 Å². The predicted molar refractivity (Wildman–Crippen MR) is 85.3 cm³/mol. The van der Waals surface area contributed by atoms with Gasteiger partial charge in [-0.25, -0.2) is 0 Å². The first-order valence-electron chi connectivity index (χ1n) is 7.85. The smallest absolute Gasteiger partial charge is 0.0374 e. The summed E-state index contributed by atoms with van der Waals surface area (Å²) in [5, 5.41) is 3.49. The molecule has 19 heavy (non-hydrogen) atoms. The fraction of sp³-hybridized carbons (Fsp3) is 0.647. The van der Waals surface area contributed by atoms with Crippen molar-refractivity contribution in [3.63, 3.8) is 0 Å². The molecule has 0 aromatic heterocycles.